The number of rotatable bonds is 4. The molecule has 0 atom stereocenters. The van der Waals surface area contributed by atoms with E-state index in [4.69, 9.17) is 9.47 Å². The summed E-state index contributed by atoms with van der Waals surface area (Å²) in [6.45, 7) is -0.508. The van der Waals surface area contributed by atoms with E-state index in [1.165, 1.54) is 11.0 Å². The Balaban J connectivity index is 2.26. The van der Waals surface area contributed by atoms with Gasteiger partial charge >= 0.3 is 18.1 Å². The molecule has 29 heavy (non-hydrogen) atoms. The number of esters is 2. The van der Waals surface area contributed by atoms with Gasteiger partial charge in [0.15, 0.2) is 0 Å². The van der Waals surface area contributed by atoms with Crippen molar-refractivity contribution in [1.82, 2.24) is 4.57 Å². The third-order valence-corrected chi connectivity index (χ3v) is 4.31. The maximum Gasteiger partial charge on any atom is 0.416 e. The predicted octanol–water partition coefficient (Wildman–Crippen LogP) is 2.89. The molecule has 7 nitrogen and oxygen atoms in total. The third kappa shape index (κ3) is 3.97. The average molecular weight is 410 g/mol. The largest absolute Gasteiger partial charge is 0.466 e. The molecule has 1 aromatic carbocycles. The Labute approximate surface area is 163 Å². The van der Waals surface area contributed by atoms with Crippen molar-refractivity contribution in [3.05, 3.63) is 59.6 Å². The number of halogens is 3. The first-order valence-electron chi connectivity index (χ1n) is 8.37. The number of hydrogen-bond donors (Lipinski definition) is 0. The lowest BCUT2D eigenvalue weighted by Crippen LogP contribution is -2.39. The van der Waals surface area contributed by atoms with E-state index in [0.29, 0.717) is 5.69 Å². The van der Waals surface area contributed by atoms with Gasteiger partial charge in [-0.1, -0.05) is 0 Å². The second-order valence-corrected chi connectivity index (χ2v) is 6.01. The maximum atomic E-state index is 13.4. The first-order valence-corrected chi connectivity index (χ1v) is 8.37. The van der Waals surface area contributed by atoms with Gasteiger partial charge in [0.2, 0.25) is 0 Å². The quantitative estimate of drug-likeness (QED) is 0.722. The number of aromatic nitrogens is 1. The fraction of sp³-hybridized carbons (Fsp3) is 0.263. The molecule has 154 valence electrons. The van der Waals surface area contributed by atoms with Crippen molar-refractivity contribution >= 4 is 17.6 Å². The zero-order valence-corrected chi connectivity index (χ0v) is 15.5. The topological polar surface area (TPSA) is 70.0 Å². The van der Waals surface area contributed by atoms with Crippen LogP contribution in [0.2, 0.25) is 0 Å². The van der Waals surface area contributed by atoms with Crippen molar-refractivity contribution < 1.29 is 37.0 Å². The molecule has 0 spiro atoms. The minimum atomic E-state index is -4.61. The molecular weight excluding hydrogens is 393 g/mol. The van der Waals surface area contributed by atoms with Gasteiger partial charge in [-0.15, -0.1) is 0 Å². The van der Waals surface area contributed by atoms with Crippen LogP contribution >= 0.6 is 0 Å². The van der Waals surface area contributed by atoms with Crippen LogP contribution in [0.15, 0.2) is 54.0 Å². The standard InChI is InChI=1S/C19H17F3N2O5/c1-27-17(25)13-10-29-11-24(16(13)18(26)28-2)15-9-12(19(20,21)22)5-6-14(15)23-7-3-4-8-23/h3-9H,10-11H2,1-2H3. The van der Waals surface area contributed by atoms with Crippen LogP contribution in [0.5, 0.6) is 0 Å². The number of ether oxygens (including phenoxy) is 3. The van der Waals surface area contributed by atoms with Crippen LogP contribution in [0.1, 0.15) is 5.56 Å². The smallest absolute Gasteiger partial charge is 0.416 e. The number of nitrogens with zero attached hydrogens (tertiary/aromatic N) is 2. The zero-order chi connectivity index (χ0) is 21.2. The molecule has 0 aliphatic carbocycles. The Morgan fingerprint density at radius 3 is 2.28 bits per heavy atom. The number of alkyl halides is 3. The summed E-state index contributed by atoms with van der Waals surface area (Å²) >= 11 is 0. The van der Waals surface area contributed by atoms with E-state index in [1.54, 1.807) is 29.1 Å². The second-order valence-electron chi connectivity index (χ2n) is 6.01. The number of carbonyl (C=O) groups is 2. The van der Waals surface area contributed by atoms with Crippen LogP contribution < -0.4 is 4.90 Å². The maximum absolute atomic E-state index is 13.4. The molecule has 0 fully saturated rings. The molecule has 0 unspecified atom stereocenters. The van der Waals surface area contributed by atoms with Gasteiger partial charge in [-0.2, -0.15) is 13.2 Å². The van der Waals surface area contributed by atoms with Gasteiger partial charge in [-0.25, -0.2) is 9.59 Å². The molecule has 1 aliphatic heterocycles. The number of anilines is 1. The van der Waals surface area contributed by atoms with E-state index in [1.807, 2.05) is 0 Å². The Bertz CT molecular complexity index is 951. The SMILES string of the molecule is COC(=O)C1=C(C(=O)OC)N(c2cc(C(F)(F)F)ccc2-n2cccc2)COC1. The molecule has 10 heteroatoms. The van der Waals surface area contributed by atoms with Crippen LogP contribution in [-0.2, 0) is 30.0 Å². The van der Waals surface area contributed by atoms with Crippen LogP contribution in [0, 0.1) is 0 Å². The first-order chi connectivity index (χ1) is 13.8. The molecule has 1 aromatic heterocycles. The molecule has 1 aliphatic rings. The van der Waals surface area contributed by atoms with Crippen molar-refractivity contribution in [2.45, 2.75) is 6.18 Å². The van der Waals surface area contributed by atoms with Crippen LogP contribution in [0.4, 0.5) is 18.9 Å². The van der Waals surface area contributed by atoms with Gasteiger partial charge in [0.1, 0.15) is 12.4 Å². The number of benzene rings is 1. The highest BCUT2D eigenvalue weighted by atomic mass is 19.4. The highest BCUT2D eigenvalue weighted by Gasteiger charge is 2.36. The Morgan fingerprint density at radius 2 is 1.69 bits per heavy atom. The fourth-order valence-electron chi connectivity index (χ4n) is 2.96. The normalized spacial score (nSPS) is 14.7. The van der Waals surface area contributed by atoms with E-state index in [2.05, 4.69) is 4.74 Å². The van der Waals surface area contributed by atoms with Crippen molar-refractivity contribution in [2.24, 2.45) is 0 Å². The van der Waals surface area contributed by atoms with Gasteiger partial charge in [0, 0.05) is 12.4 Å². The lowest BCUT2D eigenvalue weighted by Gasteiger charge is -2.33. The molecule has 0 saturated carbocycles. The van der Waals surface area contributed by atoms with Crippen LogP contribution in [0.3, 0.4) is 0 Å². The monoisotopic (exact) mass is 410 g/mol. The molecule has 2 heterocycles. The number of carbonyl (C=O) groups excluding carboxylic acids is 2. The van der Waals surface area contributed by atoms with Crippen molar-refractivity contribution in [2.75, 3.05) is 32.5 Å². The van der Waals surface area contributed by atoms with E-state index < -0.39 is 23.7 Å². The molecule has 0 N–H and O–H groups in total. The minimum absolute atomic E-state index is 0.0116. The van der Waals surface area contributed by atoms with Gasteiger partial charge in [0.05, 0.1) is 43.3 Å². The number of methoxy groups -OCH3 is 2. The molecule has 3 rings (SSSR count). The summed E-state index contributed by atoms with van der Waals surface area (Å²) in [5.41, 5.74) is -0.950. The molecule has 0 radical (unpaired) electrons. The summed E-state index contributed by atoms with van der Waals surface area (Å²) < 4.78 is 56.5. The lowest BCUT2D eigenvalue weighted by molar-refractivity contribution is -0.140. The van der Waals surface area contributed by atoms with Gasteiger partial charge in [0.25, 0.3) is 0 Å². The molecule has 2 aromatic rings. The number of hydrogen-bond acceptors (Lipinski definition) is 6. The van der Waals surface area contributed by atoms with E-state index in [-0.39, 0.29) is 30.3 Å². The lowest BCUT2D eigenvalue weighted by atomic mass is 10.1. The first kappa shape index (κ1) is 20.5. The second kappa shape index (κ2) is 8.00. The molecular formula is C19H17F3N2O5. The summed E-state index contributed by atoms with van der Waals surface area (Å²) in [5.74, 6) is -1.74. The van der Waals surface area contributed by atoms with Gasteiger partial charge in [-0.3, -0.25) is 0 Å². The van der Waals surface area contributed by atoms with Crippen LogP contribution in [0.25, 0.3) is 5.69 Å². The van der Waals surface area contributed by atoms with E-state index >= 15 is 0 Å². The summed E-state index contributed by atoms with van der Waals surface area (Å²) in [5, 5.41) is 0. The fourth-order valence-corrected chi connectivity index (χ4v) is 2.96. The van der Waals surface area contributed by atoms with E-state index in [9.17, 15) is 22.8 Å². The summed E-state index contributed by atoms with van der Waals surface area (Å²) in [6, 6.07) is 6.50. The highest BCUT2D eigenvalue weighted by Crippen LogP contribution is 2.37. The predicted molar refractivity (Wildman–Crippen MR) is 95.1 cm³/mol. The van der Waals surface area contributed by atoms with Gasteiger partial charge < -0.3 is 23.7 Å². The summed E-state index contributed by atoms with van der Waals surface area (Å²) in [7, 11) is 2.23. The van der Waals surface area contributed by atoms with Gasteiger partial charge in [-0.05, 0) is 30.3 Å². The van der Waals surface area contributed by atoms with Crippen molar-refractivity contribution in [1.29, 1.82) is 0 Å². The molecule has 0 saturated heterocycles. The third-order valence-electron chi connectivity index (χ3n) is 4.31. The minimum Gasteiger partial charge on any atom is -0.466 e. The van der Waals surface area contributed by atoms with Crippen molar-refractivity contribution in [3.63, 3.8) is 0 Å². The van der Waals surface area contributed by atoms with E-state index in [0.717, 1.165) is 26.4 Å². The highest BCUT2D eigenvalue weighted by molar-refractivity contribution is 6.03. The Hall–Kier alpha value is -3.27. The molecule has 0 amide bonds. The molecule has 0 bridgehead atoms. The summed E-state index contributed by atoms with van der Waals surface area (Å²) in [4.78, 5) is 25.8. The van der Waals surface area contributed by atoms with Crippen molar-refractivity contribution in [3.8, 4) is 5.69 Å². The Morgan fingerprint density at radius 1 is 1.03 bits per heavy atom. The zero-order valence-electron chi connectivity index (χ0n) is 15.5. The summed E-state index contributed by atoms with van der Waals surface area (Å²) in [6.07, 6.45) is -1.33. The van der Waals surface area contributed by atoms with Crippen LogP contribution in [-0.4, -0.2) is 44.1 Å². The average Bonchev–Trinajstić information content (AvgIpc) is 3.25. The Kier molecular flexibility index (Phi) is 5.64.